The minimum Gasteiger partial charge on any atom is -0.481 e. The molecule has 0 atom stereocenters. The highest BCUT2D eigenvalue weighted by molar-refractivity contribution is 5.70. The Hall–Kier alpha value is -1.85. The third-order valence-electron chi connectivity index (χ3n) is 2.75. The topological polar surface area (TPSA) is 86.3 Å². The van der Waals surface area contributed by atoms with E-state index in [-0.39, 0.29) is 17.9 Å². The van der Waals surface area contributed by atoms with Crippen molar-refractivity contribution in [3.8, 4) is 0 Å². The molecule has 1 aliphatic carbocycles. The molecule has 6 heteroatoms. The fourth-order valence-corrected chi connectivity index (χ4v) is 1.73. The molecule has 1 aromatic heterocycles. The number of aromatic nitrogens is 2. The molecule has 1 aromatic rings. The Balaban J connectivity index is 2.49. The van der Waals surface area contributed by atoms with E-state index in [0.717, 1.165) is 12.8 Å². The summed E-state index contributed by atoms with van der Waals surface area (Å²) in [6.45, 7) is 0. The zero-order valence-corrected chi connectivity index (χ0v) is 9.86. The van der Waals surface area contributed by atoms with Crippen LogP contribution in [0.3, 0.4) is 0 Å². The summed E-state index contributed by atoms with van der Waals surface area (Å²) in [5.41, 5.74) is 0.610. The Morgan fingerprint density at radius 2 is 2.18 bits per heavy atom. The standard InChI is InChI=1S/C11H15N3O3/c1-14(2)11-12-9(6-3-4-6)7(5-8(15)16)10(17)13-11/h6H,3-5H2,1-2H3,(H,15,16)(H,12,13,17). The lowest BCUT2D eigenvalue weighted by atomic mass is 10.1. The molecule has 1 fully saturated rings. The number of aromatic amines is 1. The SMILES string of the molecule is CN(C)c1nc(C2CC2)c(CC(=O)O)c(=O)[nH]1. The quantitative estimate of drug-likeness (QED) is 0.788. The van der Waals surface area contributed by atoms with E-state index < -0.39 is 5.97 Å². The molecule has 6 nitrogen and oxygen atoms in total. The molecule has 2 rings (SSSR count). The summed E-state index contributed by atoms with van der Waals surface area (Å²) in [5.74, 6) is -0.270. The highest BCUT2D eigenvalue weighted by atomic mass is 16.4. The van der Waals surface area contributed by atoms with Crippen molar-refractivity contribution < 1.29 is 9.90 Å². The van der Waals surface area contributed by atoms with Crippen LogP contribution in [0.15, 0.2) is 4.79 Å². The first kappa shape index (κ1) is 11.6. The Labute approximate surface area is 98.3 Å². The van der Waals surface area contributed by atoms with Gasteiger partial charge in [-0.3, -0.25) is 14.6 Å². The van der Waals surface area contributed by atoms with Gasteiger partial charge in [-0.1, -0.05) is 0 Å². The molecule has 0 aliphatic heterocycles. The lowest BCUT2D eigenvalue weighted by Gasteiger charge is -2.13. The minimum absolute atomic E-state index is 0.255. The Morgan fingerprint density at radius 1 is 1.53 bits per heavy atom. The van der Waals surface area contributed by atoms with E-state index in [2.05, 4.69) is 9.97 Å². The summed E-state index contributed by atoms with van der Waals surface area (Å²) < 4.78 is 0. The van der Waals surface area contributed by atoms with Crippen molar-refractivity contribution in [3.63, 3.8) is 0 Å². The normalized spacial score (nSPS) is 14.7. The maximum atomic E-state index is 11.8. The average Bonchev–Trinajstić information content (AvgIpc) is 3.03. The number of carboxylic acid groups (broad SMARTS) is 1. The summed E-state index contributed by atoms with van der Waals surface area (Å²) in [6.07, 6.45) is 1.70. The van der Waals surface area contributed by atoms with Gasteiger partial charge in [-0.2, -0.15) is 0 Å². The van der Waals surface area contributed by atoms with Gasteiger partial charge >= 0.3 is 5.97 Å². The predicted octanol–water partition coefficient (Wildman–Crippen LogP) is 0.340. The van der Waals surface area contributed by atoms with Gasteiger partial charge in [0.2, 0.25) is 5.95 Å². The lowest BCUT2D eigenvalue weighted by Crippen LogP contribution is -2.25. The van der Waals surface area contributed by atoms with Crippen LogP contribution in [0.25, 0.3) is 0 Å². The van der Waals surface area contributed by atoms with E-state index in [1.807, 2.05) is 0 Å². The van der Waals surface area contributed by atoms with Crippen LogP contribution in [0, 0.1) is 0 Å². The van der Waals surface area contributed by atoms with Crippen LogP contribution in [-0.4, -0.2) is 35.1 Å². The van der Waals surface area contributed by atoms with Crippen molar-refractivity contribution in [2.24, 2.45) is 0 Å². The Bertz CT molecular complexity index is 503. The summed E-state index contributed by atoms with van der Waals surface area (Å²) in [7, 11) is 3.57. The molecule has 0 unspecified atom stereocenters. The van der Waals surface area contributed by atoms with Gasteiger partial charge < -0.3 is 10.0 Å². The number of nitrogens with zero attached hydrogens (tertiary/aromatic N) is 2. The van der Waals surface area contributed by atoms with Gasteiger partial charge in [0.15, 0.2) is 0 Å². The van der Waals surface area contributed by atoms with Crippen molar-refractivity contribution in [2.75, 3.05) is 19.0 Å². The van der Waals surface area contributed by atoms with Crippen molar-refractivity contribution in [2.45, 2.75) is 25.2 Å². The number of carboxylic acids is 1. The smallest absolute Gasteiger partial charge is 0.308 e. The molecule has 0 radical (unpaired) electrons. The van der Waals surface area contributed by atoms with Crippen molar-refractivity contribution in [1.29, 1.82) is 0 Å². The van der Waals surface area contributed by atoms with Crippen LogP contribution in [0.5, 0.6) is 0 Å². The molecule has 0 saturated heterocycles. The van der Waals surface area contributed by atoms with Crippen LogP contribution in [-0.2, 0) is 11.2 Å². The van der Waals surface area contributed by atoms with Gasteiger partial charge in [0.25, 0.3) is 5.56 Å². The second-order valence-electron chi connectivity index (χ2n) is 4.49. The van der Waals surface area contributed by atoms with E-state index in [4.69, 9.17) is 5.11 Å². The third-order valence-corrected chi connectivity index (χ3v) is 2.75. The zero-order valence-electron chi connectivity index (χ0n) is 9.86. The molecule has 0 bridgehead atoms. The van der Waals surface area contributed by atoms with Gasteiger partial charge in [0, 0.05) is 20.0 Å². The van der Waals surface area contributed by atoms with E-state index >= 15 is 0 Å². The number of carbonyl (C=O) groups is 1. The van der Waals surface area contributed by atoms with Crippen LogP contribution in [0.4, 0.5) is 5.95 Å². The molecule has 1 heterocycles. The van der Waals surface area contributed by atoms with E-state index in [0.29, 0.717) is 17.2 Å². The minimum atomic E-state index is -1.00. The van der Waals surface area contributed by atoms with Gasteiger partial charge in [0.1, 0.15) is 0 Å². The first-order valence-electron chi connectivity index (χ1n) is 5.51. The van der Waals surface area contributed by atoms with Gasteiger partial charge in [-0.15, -0.1) is 0 Å². The molecule has 2 N–H and O–H groups in total. The van der Waals surface area contributed by atoms with Gasteiger partial charge in [-0.25, -0.2) is 4.98 Å². The van der Waals surface area contributed by atoms with Gasteiger partial charge in [0.05, 0.1) is 17.7 Å². The molecule has 0 amide bonds. The zero-order chi connectivity index (χ0) is 12.6. The molecular weight excluding hydrogens is 222 g/mol. The highest BCUT2D eigenvalue weighted by Gasteiger charge is 2.30. The third kappa shape index (κ3) is 2.46. The van der Waals surface area contributed by atoms with Crippen LogP contribution in [0.2, 0.25) is 0 Å². The summed E-state index contributed by atoms with van der Waals surface area (Å²) in [4.78, 5) is 31.3. The van der Waals surface area contributed by atoms with E-state index in [1.165, 1.54) is 0 Å². The largest absolute Gasteiger partial charge is 0.481 e. The monoisotopic (exact) mass is 237 g/mol. The van der Waals surface area contributed by atoms with E-state index in [9.17, 15) is 9.59 Å². The van der Waals surface area contributed by atoms with Crippen molar-refractivity contribution >= 4 is 11.9 Å². The van der Waals surface area contributed by atoms with Gasteiger partial charge in [-0.05, 0) is 12.8 Å². The number of rotatable bonds is 4. The molecule has 0 spiro atoms. The van der Waals surface area contributed by atoms with E-state index in [1.54, 1.807) is 19.0 Å². The first-order chi connectivity index (χ1) is 7.99. The van der Waals surface area contributed by atoms with Crippen molar-refractivity contribution in [3.05, 3.63) is 21.6 Å². The fourth-order valence-electron chi connectivity index (χ4n) is 1.73. The predicted molar refractivity (Wildman–Crippen MR) is 62.5 cm³/mol. The Kier molecular flexibility index (Phi) is 2.87. The molecule has 17 heavy (non-hydrogen) atoms. The molecule has 92 valence electrons. The highest BCUT2D eigenvalue weighted by Crippen LogP contribution is 2.40. The summed E-state index contributed by atoms with van der Waals surface area (Å²) in [6, 6.07) is 0. The number of anilines is 1. The summed E-state index contributed by atoms with van der Waals surface area (Å²) >= 11 is 0. The second kappa shape index (κ2) is 4.20. The maximum Gasteiger partial charge on any atom is 0.308 e. The fraction of sp³-hybridized carbons (Fsp3) is 0.545. The maximum absolute atomic E-state index is 11.8. The van der Waals surface area contributed by atoms with Crippen LogP contribution >= 0.6 is 0 Å². The number of aliphatic carboxylic acids is 1. The lowest BCUT2D eigenvalue weighted by molar-refractivity contribution is -0.136. The molecule has 1 saturated carbocycles. The Morgan fingerprint density at radius 3 is 2.65 bits per heavy atom. The van der Waals surface area contributed by atoms with Crippen LogP contribution < -0.4 is 10.5 Å². The average molecular weight is 237 g/mol. The molecular formula is C11H15N3O3. The second-order valence-corrected chi connectivity index (χ2v) is 4.49. The number of hydrogen-bond donors (Lipinski definition) is 2. The molecule has 1 aliphatic rings. The number of H-pyrrole nitrogens is 1. The number of nitrogens with one attached hydrogen (secondary N) is 1. The summed E-state index contributed by atoms with van der Waals surface area (Å²) in [5, 5.41) is 8.81. The first-order valence-corrected chi connectivity index (χ1v) is 5.51. The molecule has 0 aromatic carbocycles. The van der Waals surface area contributed by atoms with Crippen molar-refractivity contribution in [1.82, 2.24) is 9.97 Å². The van der Waals surface area contributed by atoms with Crippen LogP contribution in [0.1, 0.15) is 30.0 Å². The number of hydrogen-bond acceptors (Lipinski definition) is 4.